The van der Waals surface area contributed by atoms with Crippen molar-refractivity contribution in [2.24, 2.45) is 0 Å². The summed E-state index contributed by atoms with van der Waals surface area (Å²) in [7, 11) is 0. The molecule has 2 amide bonds. The number of aromatic nitrogens is 3. The van der Waals surface area contributed by atoms with Gasteiger partial charge in [-0.1, -0.05) is 27.7 Å². The van der Waals surface area contributed by atoms with Crippen LogP contribution in [0, 0.1) is 0 Å². The minimum atomic E-state index is -0.601. The molecular weight excluding hydrogens is 498 g/mol. The van der Waals surface area contributed by atoms with Crippen LogP contribution in [0.3, 0.4) is 0 Å². The molecule has 5 rings (SSSR count). The predicted molar refractivity (Wildman–Crippen MR) is 153 cm³/mol. The van der Waals surface area contributed by atoms with Crippen LogP contribution in [0.2, 0.25) is 0 Å². The highest BCUT2D eigenvalue weighted by Crippen LogP contribution is 2.35. The largest absolute Gasteiger partial charge is 0.474 e. The number of pyridine rings is 2. The number of carbonyl (C=O) groups is 2. The second kappa shape index (κ2) is 12.8. The quantitative estimate of drug-likeness (QED) is 0.379. The highest BCUT2D eigenvalue weighted by Gasteiger charge is 2.29. The summed E-state index contributed by atoms with van der Waals surface area (Å²) in [5.41, 5.74) is 2.34. The number of ether oxygens (including phenoxy) is 3. The van der Waals surface area contributed by atoms with Gasteiger partial charge < -0.3 is 18.6 Å². The van der Waals surface area contributed by atoms with Crippen molar-refractivity contribution in [3.63, 3.8) is 0 Å². The molecule has 2 aliphatic rings. The fourth-order valence-electron chi connectivity index (χ4n) is 4.47. The molecule has 0 bridgehead atoms. The van der Waals surface area contributed by atoms with Crippen LogP contribution >= 0.6 is 0 Å². The van der Waals surface area contributed by atoms with Crippen LogP contribution < -0.4 is 15.0 Å². The van der Waals surface area contributed by atoms with Gasteiger partial charge in [0.2, 0.25) is 5.88 Å². The summed E-state index contributed by atoms with van der Waals surface area (Å²) in [4.78, 5) is 35.6. The Kier molecular flexibility index (Phi) is 9.77. The van der Waals surface area contributed by atoms with E-state index >= 15 is 0 Å². The number of anilines is 2. The lowest BCUT2D eigenvalue weighted by atomic mass is 9.98. The number of carbonyl (C=O) groups excluding carboxylic acids is 2. The number of imidazole rings is 1. The summed E-state index contributed by atoms with van der Waals surface area (Å²) in [5.74, 6) is 0.799. The van der Waals surface area contributed by atoms with E-state index < -0.39 is 11.7 Å². The van der Waals surface area contributed by atoms with Gasteiger partial charge >= 0.3 is 12.2 Å². The highest BCUT2D eigenvalue weighted by atomic mass is 16.6. The molecule has 0 atom stereocenters. The summed E-state index contributed by atoms with van der Waals surface area (Å²) in [6, 6.07) is 5.65. The van der Waals surface area contributed by atoms with E-state index in [2.05, 4.69) is 15.3 Å². The van der Waals surface area contributed by atoms with Crippen LogP contribution in [-0.2, 0) is 9.47 Å². The number of fused-ring (bicyclic) bond motifs is 2. The number of rotatable bonds is 3. The smallest absolute Gasteiger partial charge is 0.414 e. The zero-order valence-electron chi connectivity index (χ0n) is 22.8. The van der Waals surface area contributed by atoms with Gasteiger partial charge in [-0.25, -0.2) is 19.6 Å². The molecule has 1 aliphatic heterocycles. The van der Waals surface area contributed by atoms with Gasteiger partial charge in [0.25, 0.3) is 0 Å². The molecule has 0 aromatic carbocycles. The standard InChI is InChI=1S/C26H31N5O5.C2H6.CH4/c1-26(2,3)36-24(32)29-21-16-30-15-17(9-10-22(30)28-21)18-13-20-23(27-14-18)34-12-11-31(20)25(33)35-19-7-5-4-6-8-19;1-2;/h9-10,13-16,19H,4-8,11-12H2,1-3H3,(H,29,32);1-2H3;1H4. The summed E-state index contributed by atoms with van der Waals surface area (Å²) in [6.07, 6.45) is 9.58. The van der Waals surface area contributed by atoms with Crippen molar-refractivity contribution < 1.29 is 23.8 Å². The first kappa shape index (κ1) is 29.7. The molecule has 1 N–H and O–H groups in total. The van der Waals surface area contributed by atoms with E-state index in [1.54, 1.807) is 38.1 Å². The third-order valence-electron chi connectivity index (χ3n) is 6.13. The van der Waals surface area contributed by atoms with Crippen molar-refractivity contribution in [2.75, 3.05) is 23.4 Å². The SMILES string of the molecule is C.CC.CC(C)(C)OC(=O)Nc1cn2cc(-c3cnc4c(c3)N(C(=O)OC3CCCCC3)CCO4)ccc2n1. The van der Waals surface area contributed by atoms with Crippen molar-refractivity contribution in [3.8, 4) is 17.0 Å². The molecule has 3 aromatic heterocycles. The number of hydrogen-bond donors (Lipinski definition) is 1. The maximum absolute atomic E-state index is 13.0. The van der Waals surface area contributed by atoms with Gasteiger partial charge in [0, 0.05) is 23.5 Å². The Bertz CT molecular complexity index is 1280. The van der Waals surface area contributed by atoms with E-state index in [1.807, 2.05) is 42.6 Å². The molecular formula is C29H41N5O5. The zero-order valence-corrected chi connectivity index (χ0v) is 22.8. The van der Waals surface area contributed by atoms with E-state index in [-0.39, 0.29) is 19.6 Å². The van der Waals surface area contributed by atoms with Crippen LogP contribution in [0.1, 0.15) is 74.1 Å². The fraction of sp³-hybridized carbons (Fsp3) is 0.517. The first-order valence-corrected chi connectivity index (χ1v) is 13.4. The van der Waals surface area contributed by atoms with Gasteiger partial charge in [-0.3, -0.25) is 10.2 Å². The first-order chi connectivity index (χ1) is 18.2. The summed E-state index contributed by atoms with van der Waals surface area (Å²) in [5, 5.41) is 2.66. The molecule has 39 heavy (non-hydrogen) atoms. The van der Waals surface area contributed by atoms with Gasteiger partial charge in [-0.05, 0) is 64.7 Å². The van der Waals surface area contributed by atoms with E-state index in [0.29, 0.717) is 36.2 Å². The fourth-order valence-corrected chi connectivity index (χ4v) is 4.47. The molecule has 1 aliphatic carbocycles. The van der Waals surface area contributed by atoms with E-state index in [9.17, 15) is 9.59 Å². The van der Waals surface area contributed by atoms with E-state index in [4.69, 9.17) is 14.2 Å². The lowest BCUT2D eigenvalue weighted by Crippen LogP contribution is -2.40. The zero-order chi connectivity index (χ0) is 27.3. The number of amides is 2. The van der Waals surface area contributed by atoms with Crippen molar-refractivity contribution in [3.05, 3.63) is 36.8 Å². The molecule has 3 aromatic rings. The van der Waals surface area contributed by atoms with Crippen LogP contribution in [0.25, 0.3) is 16.8 Å². The van der Waals surface area contributed by atoms with Gasteiger partial charge in [0.1, 0.15) is 29.6 Å². The average Bonchev–Trinajstić information content (AvgIpc) is 3.30. The van der Waals surface area contributed by atoms with Crippen molar-refractivity contribution >= 4 is 29.3 Å². The third kappa shape index (κ3) is 7.40. The summed E-state index contributed by atoms with van der Waals surface area (Å²) < 4.78 is 18.6. The first-order valence-electron chi connectivity index (χ1n) is 13.4. The van der Waals surface area contributed by atoms with Crippen molar-refractivity contribution in [2.45, 2.75) is 85.9 Å². The number of nitrogens with zero attached hydrogens (tertiary/aromatic N) is 4. The van der Waals surface area contributed by atoms with Gasteiger partial charge in [-0.15, -0.1) is 0 Å². The van der Waals surface area contributed by atoms with Crippen LogP contribution in [0.15, 0.2) is 36.8 Å². The summed E-state index contributed by atoms with van der Waals surface area (Å²) in [6.45, 7) is 10.2. The molecule has 4 heterocycles. The molecule has 212 valence electrons. The Labute approximate surface area is 230 Å². The Morgan fingerprint density at radius 2 is 1.82 bits per heavy atom. The second-order valence-corrected chi connectivity index (χ2v) is 10.1. The maximum Gasteiger partial charge on any atom is 0.414 e. The molecule has 0 saturated heterocycles. The van der Waals surface area contributed by atoms with Gasteiger partial charge in [0.05, 0.1) is 12.7 Å². The topological polar surface area (TPSA) is 107 Å². The predicted octanol–water partition coefficient (Wildman–Crippen LogP) is 7.07. The molecule has 10 heteroatoms. The minimum absolute atomic E-state index is 0. The van der Waals surface area contributed by atoms with E-state index in [1.165, 1.54) is 6.42 Å². The molecule has 10 nitrogen and oxygen atoms in total. The van der Waals surface area contributed by atoms with Crippen LogP contribution in [-0.4, -0.2) is 51.4 Å². The Balaban J connectivity index is 0.00000137. The summed E-state index contributed by atoms with van der Waals surface area (Å²) >= 11 is 0. The van der Waals surface area contributed by atoms with E-state index in [0.717, 1.165) is 36.8 Å². The van der Waals surface area contributed by atoms with Crippen LogP contribution in [0.4, 0.5) is 21.1 Å². The second-order valence-electron chi connectivity index (χ2n) is 10.1. The normalized spacial score (nSPS) is 15.2. The maximum atomic E-state index is 13.0. The molecule has 0 spiro atoms. The average molecular weight is 540 g/mol. The number of nitrogens with one attached hydrogen (secondary N) is 1. The van der Waals surface area contributed by atoms with Crippen molar-refractivity contribution in [1.82, 2.24) is 14.4 Å². The van der Waals surface area contributed by atoms with Gasteiger partial charge in [0.15, 0.2) is 5.82 Å². The third-order valence-corrected chi connectivity index (χ3v) is 6.13. The lowest BCUT2D eigenvalue weighted by molar-refractivity contribution is 0.0635. The van der Waals surface area contributed by atoms with Crippen molar-refractivity contribution in [1.29, 1.82) is 0 Å². The molecule has 1 fully saturated rings. The Morgan fingerprint density at radius 1 is 1.08 bits per heavy atom. The lowest BCUT2D eigenvalue weighted by Gasteiger charge is -2.31. The Hall–Kier alpha value is -3.82. The highest BCUT2D eigenvalue weighted by molar-refractivity contribution is 5.91. The number of hydrogen-bond acceptors (Lipinski definition) is 7. The van der Waals surface area contributed by atoms with Crippen LogP contribution in [0.5, 0.6) is 5.88 Å². The molecule has 0 radical (unpaired) electrons. The Morgan fingerprint density at radius 3 is 2.54 bits per heavy atom. The molecule has 1 saturated carbocycles. The molecule has 0 unspecified atom stereocenters. The monoisotopic (exact) mass is 539 g/mol. The van der Waals surface area contributed by atoms with Gasteiger partial charge in [-0.2, -0.15) is 0 Å². The minimum Gasteiger partial charge on any atom is -0.474 e.